The number of rotatable bonds is 0. The molecule has 1 heterocycles. The summed E-state index contributed by atoms with van der Waals surface area (Å²) in [5.74, 6) is 0. The van der Waals surface area contributed by atoms with Gasteiger partial charge in [-0.25, -0.2) is 5.43 Å². The van der Waals surface area contributed by atoms with Crippen molar-refractivity contribution in [2.45, 2.75) is 0 Å². The molecule has 0 spiro atoms. The molecule has 2 rings (SSSR count). The third-order valence-electron chi connectivity index (χ3n) is 1.38. The van der Waals surface area contributed by atoms with E-state index in [2.05, 4.69) is 22.9 Å². The maximum Gasteiger partial charge on any atom is 0.113 e. The summed E-state index contributed by atoms with van der Waals surface area (Å²) in [4.78, 5) is 0. The molecule has 0 aromatic heterocycles. The van der Waals surface area contributed by atoms with Crippen molar-refractivity contribution in [3.05, 3.63) is 36.4 Å². The average molecular weight is 133 g/mol. The maximum absolute atomic E-state index is 2.94. The number of fused-ring (bicyclic) bond motifs is 1. The summed E-state index contributed by atoms with van der Waals surface area (Å²) < 4.78 is 0. The first-order valence-electron chi connectivity index (χ1n) is 3.08. The zero-order valence-corrected chi connectivity index (χ0v) is 5.31. The molecule has 0 aliphatic carbocycles. The Labute approximate surface area is 59.4 Å². The Bertz CT molecular complexity index is 209. The Kier molecular flexibility index (Phi) is 1.30. The molecule has 0 saturated heterocycles. The minimum Gasteiger partial charge on any atom is -0.308 e. The van der Waals surface area contributed by atoms with E-state index in [1.807, 2.05) is 24.3 Å². The summed E-state index contributed by atoms with van der Waals surface area (Å²) in [5.41, 5.74) is 10.5. The van der Waals surface area contributed by atoms with Crippen molar-refractivity contribution in [2.75, 3.05) is 5.43 Å². The number of nitrogens with one attached hydrogen (secondary N) is 3. The molecule has 10 heavy (non-hydrogen) atoms. The first kappa shape index (κ1) is 5.70. The van der Waals surface area contributed by atoms with E-state index in [1.54, 1.807) is 0 Å². The maximum atomic E-state index is 2.94. The van der Waals surface area contributed by atoms with Gasteiger partial charge in [-0.05, 0) is 6.07 Å². The van der Waals surface area contributed by atoms with Crippen molar-refractivity contribution in [1.82, 2.24) is 11.0 Å². The van der Waals surface area contributed by atoms with Crippen LogP contribution in [0.4, 0.5) is 5.69 Å². The van der Waals surface area contributed by atoms with Crippen molar-refractivity contribution in [3.8, 4) is 0 Å². The van der Waals surface area contributed by atoms with Crippen LogP contribution >= 0.6 is 0 Å². The molecule has 3 heteroatoms. The van der Waals surface area contributed by atoms with Crippen LogP contribution in [0.15, 0.2) is 24.3 Å². The van der Waals surface area contributed by atoms with Crippen molar-refractivity contribution in [1.29, 1.82) is 0 Å². The monoisotopic (exact) mass is 133 g/mol. The van der Waals surface area contributed by atoms with Crippen LogP contribution < -0.4 is 16.4 Å². The third kappa shape index (κ3) is 0.853. The molecule has 1 aromatic rings. The van der Waals surface area contributed by atoms with Crippen molar-refractivity contribution < 1.29 is 0 Å². The lowest BCUT2D eigenvalue weighted by Gasteiger charge is -2.17. The molecule has 1 aromatic carbocycles. The second-order valence-electron chi connectivity index (χ2n) is 2.05. The molecule has 0 unspecified atom stereocenters. The number of para-hydroxylation sites is 1. The number of hydrogen-bond acceptors (Lipinski definition) is 3. The highest BCUT2D eigenvalue weighted by molar-refractivity contribution is 5.54. The lowest BCUT2D eigenvalue weighted by atomic mass is 10.2. The quantitative estimate of drug-likeness (QED) is 0.482. The standard InChI is InChI=1S/C7H7N3/c1-2-4-7-6(3-1)5-8-10-9-7/h1-4,8-10H. The minimum atomic E-state index is 1.04. The predicted molar refractivity (Wildman–Crippen MR) is 38.7 cm³/mol. The largest absolute Gasteiger partial charge is 0.308 e. The van der Waals surface area contributed by atoms with Gasteiger partial charge in [0.1, 0.15) is 6.54 Å². The second-order valence-corrected chi connectivity index (χ2v) is 2.05. The number of hydrazine groups is 2. The summed E-state index contributed by atoms with van der Waals surface area (Å²) in [5, 5.41) is 0. The molecular weight excluding hydrogens is 126 g/mol. The Morgan fingerprint density at radius 2 is 2.10 bits per heavy atom. The van der Waals surface area contributed by atoms with Gasteiger partial charge in [-0.2, -0.15) is 5.53 Å². The zero-order chi connectivity index (χ0) is 6.81. The number of hydrogen-bond donors (Lipinski definition) is 3. The molecule has 1 aliphatic rings. The Balaban J connectivity index is 2.41. The number of anilines is 1. The molecule has 3 nitrogen and oxygen atoms in total. The van der Waals surface area contributed by atoms with Gasteiger partial charge in [0.25, 0.3) is 0 Å². The van der Waals surface area contributed by atoms with E-state index >= 15 is 0 Å². The SMILES string of the molecule is [C]1NNNc2ccccc21. The van der Waals surface area contributed by atoms with Gasteiger partial charge in [-0.1, -0.05) is 18.2 Å². The van der Waals surface area contributed by atoms with Crippen molar-refractivity contribution in [2.24, 2.45) is 0 Å². The summed E-state index contributed by atoms with van der Waals surface area (Å²) in [7, 11) is 0. The molecule has 0 fully saturated rings. The van der Waals surface area contributed by atoms with Crippen LogP contribution in [0.5, 0.6) is 0 Å². The fraction of sp³-hybridized carbons (Fsp3) is 0. The fourth-order valence-corrected chi connectivity index (χ4v) is 0.898. The first-order valence-corrected chi connectivity index (χ1v) is 3.08. The smallest absolute Gasteiger partial charge is 0.113 e. The Morgan fingerprint density at radius 1 is 1.20 bits per heavy atom. The summed E-state index contributed by atoms with van der Waals surface area (Å²) in [6.07, 6.45) is 0. The summed E-state index contributed by atoms with van der Waals surface area (Å²) >= 11 is 0. The van der Waals surface area contributed by atoms with E-state index in [-0.39, 0.29) is 0 Å². The van der Waals surface area contributed by atoms with Crippen LogP contribution in [-0.4, -0.2) is 0 Å². The lowest BCUT2D eigenvalue weighted by Crippen LogP contribution is -2.39. The van der Waals surface area contributed by atoms with E-state index in [0.717, 1.165) is 11.3 Å². The number of benzene rings is 1. The molecule has 1 aliphatic heterocycles. The van der Waals surface area contributed by atoms with Gasteiger partial charge in [0.2, 0.25) is 0 Å². The fourth-order valence-electron chi connectivity index (χ4n) is 0.898. The minimum absolute atomic E-state index is 1.04. The van der Waals surface area contributed by atoms with Crippen LogP contribution in [0.2, 0.25) is 0 Å². The van der Waals surface area contributed by atoms with Gasteiger partial charge in [0.05, 0.1) is 5.69 Å². The predicted octanol–water partition coefficient (Wildman–Crippen LogP) is 0.508. The van der Waals surface area contributed by atoms with Gasteiger partial charge in [0.15, 0.2) is 0 Å². The van der Waals surface area contributed by atoms with Gasteiger partial charge in [-0.15, -0.1) is 0 Å². The topological polar surface area (TPSA) is 36.1 Å². The van der Waals surface area contributed by atoms with Gasteiger partial charge < -0.3 is 5.43 Å². The normalized spacial score (nSPS) is 15.6. The second kappa shape index (κ2) is 2.28. The third-order valence-corrected chi connectivity index (χ3v) is 1.38. The molecule has 0 atom stereocenters. The zero-order valence-electron chi connectivity index (χ0n) is 5.31. The van der Waals surface area contributed by atoms with Crippen LogP contribution in [-0.2, 0) is 0 Å². The van der Waals surface area contributed by atoms with Crippen molar-refractivity contribution in [3.63, 3.8) is 0 Å². The van der Waals surface area contributed by atoms with E-state index in [4.69, 9.17) is 0 Å². The highest BCUT2D eigenvalue weighted by Crippen LogP contribution is 2.15. The van der Waals surface area contributed by atoms with Crippen LogP contribution in [0, 0.1) is 6.54 Å². The summed E-state index contributed by atoms with van der Waals surface area (Å²) in [6, 6.07) is 7.91. The Morgan fingerprint density at radius 3 is 3.00 bits per heavy atom. The highest BCUT2D eigenvalue weighted by Gasteiger charge is 2.04. The van der Waals surface area contributed by atoms with E-state index in [0.29, 0.717) is 0 Å². The highest BCUT2D eigenvalue weighted by atomic mass is 15.6. The lowest BCUT2D eigenvalue weighted by molar-refractivity contribution is 0.663. The van der Waals surface area contributed by atoms with Gasteiger partial charge >= 0.3 is 0 Å². The average Bonchev–Trinajstić information content (AvgIpc) is 2.05. The molecule has 50 valence electrons. The van der Waals surface area contributed by atoms with Crippen LogP contribution in [0.1, 0.15) is 5.56 Å². The summed E-state index contributed by atoms with van der Waals surface area (Å²) in [6.45, 7) is 2.94. The van der Waals surface area contributed by atoms with Crippen molar-refractivity contribution >= 4 is 5.69 Å². The van der Waals surface area contributed by atoms with Crippen LogP contribution in [0.25, 0.3) is 0 Å². The van der Waals surface area contributed by atoms with E-state index < -0.39 is 0 Å². The molecule has 0 amide bonds. The van der Waals surface area contributed by atoms with E-state index in [9.17, 15) is 0 Å². The molecule has 0 saturated carbocycles. The van der Waals surface area contributed by atoms with Gasteiger partial charge in [0, 0.05) is 5.56 Å². The molecule has 3 N–H and O–H groups in total. The molecule has 2 radical (unpaired) electrons. The first-order chi connectivity index (χ1) is 4.97. The van der Waals surface area contributed by atoms with Gasteiger partial charge in [-0.3, -0.25) is 0 Å². The molecule has 0 bridgehead atoms. The Hall–Kier alpha value is -1.06. The van der Waals surface area contributed by atoms with E-state index in [1.165, 1.54) is 0 Å². The van der Waals surface area contributed by atoms with Crippen LogP contribution in [0.3, 0.4) is 0 Å². The molecular formula is C7H7N3.